The van der Waals surface area contributed by atoms with Gasteiger partial charge in [0.15, 0.2) is 0 Å². The van der Waals surface area contributed by atoms with E-state index >= 15 is 0 Å². The predicted octanol–water partition coefficient (Wildman–Crippen LogP) is 0.0377. The first-order valence-corrected chi connectivity index (χ1v) is 7.81. The summed E-state index contributed by atoms with van der Waals surface area (Å²) in [6, 6.07) is 8.69. The molecule has 0 atom stereocenters. The van der Waals surface area contributed by atoms with Gasteiger partial charge in [0.2, 0.25) is 5.91 Å². The van der Waals surface area contributed by atoms with Crippen molar-refractivity contribution in [2.24, 2.45) is 0 Å². The fourth-order valence-corrected chi connectivity index (χ4v) is 2.50. The van der Waals surface area contributed by atoms with Crippen molar-refractivity contribution in [1.29, 1.82) is 0 Å². The maximum atomic E-state index is 12.3. The van der Waals surface area contributed by atoms with Gasteiger partial charge in [0.25, 0.3) is 5.56 Å². The number of rotatable bonds is 6. The van der Waals surface area contributed by atoms with E-state index < -0.39 is 0 Å². The molecule has 0 saturated carbocycles. The van der Waals surface area contributed by atoms with Crippen LogP contribution < -0.4 is 10.9 Å². The molecule has 128 valence electrons. The van der Waals surface area contributed by atoms with Gasteiger partial charge in [-0.2, -0.15) is 5.10 Å². The molecule has 0 unspecified atom stereocenters. The highest BCUT2D eigenvalue weighted by Crippen LogP contribution is 2.13. The summed E-state index contributed by atoms with van der Waals surface area (Å²) in [4.78, 5) is 32.7. The van der Waals surface area contributed by atoms with Gasteiger partial charge in [0.05, 0.1) is 37.2 Å². The largest absolute Gasteiger partial charge is 0.394 e. The first kappa shape index (κ1) is 16.7. The Balaban J connectivity index is 1.83. The van der Waals surface area contributed by atoms with Crippen molar-refractivity contribution in [3.05, 3.63) is 64.6 Å². The van der Waals surface area contributed by atoms with Crippen molar-refractivity contribution < 1.29 is 9.90 Å². The average Bonchev–Trinajstić information content (AvgIpc) is 2.65. The molecule has 0 spiro atoms. The molecule has 0 aliphatic carbocycles. The van der Waals surface area contributed by atoms with Crippen molar-refractivity contribution in [3.63, 3.8) is 0 Å². The maximum Gasteiger partial charge on any atom is 0.274 e. The number of aromatic nitrogens is 4. The van der Waals surface area contributed by atoms with E-state index in [0.29, 0.717) is 22.3 Å². The molecular formula is C17H17N5O3. The molecule has 2 heterocycles. The summed E-state index contributed by atoms with van der Waals surface area (Å²) in [6.45, 7) is 0.0895. The van der Waals surface area contributed by atoms with Crippen LogP contribution in [0.4, 0.5) is 0 Å². The van der Waals surface area contributed by atoms with E-state index in [1.165, 1.54) is 4.68 Å². The number of carbonyl (C=O) groups is 1. The Hall–Kier alpha value is -3.13. The number of aliphatic hydroxyl groups excluding tert-OH is 1. The molecule has 2 aromatic heterocycles. The van der Waals surface area contributed by atoms with Crippen LogP contribution in [-0.2, 0) is 24.3 Å². The number of aliphatic hydroxyl groups is 1. The lowest BCUT2D eigenvalue weighted by molar-refractivity contribution is -0.120. The molecule has 0 aliphatic rings. The van der Waals surface area contributed by atoms with Gasteiger partial charge in [0.1, 0.15) is 5.82 Å². The first-order valence-electron chi connectivity index (χ1n) is 7.81. The van der Waals surface area contributed by atoms with Crippen LogP contribution in [0.25, 0.3) is 10.8 Å². The normalized spacial score (nSPS) is 10.8. The molecule has 3 aromatic rings. The Bertz CT molecular complexity index is 940. The lowest BCUT2D eigenvalue weighted by Gasteiger charge is -2.10. The number of nitrogens with one attached hydrogen (secondary N) is 1. The summed E-state index contributed by atoms with van der Waals surface area (Å²) in [5.41, 5.74) is 0.196. The maximum absolute atomic E-state index is 12.3. The zero-order chi connectivity index (χ0) is 17.6. The van der Waals surface area contributed by atoms with Crippen LogP contribution in [0.5, 0.6) is 0 Å². The smallest absolute Gasteiger partial charge is 0.274 e. The zero-order valence-corrected chi connectivity index (χ0v) is 13.4. The molecule has 2 N–H and O–H groups in total. The van der Waals surface area contributed by atoms with Crippen molar-refractivity contribution in [3.8, 4) is 0 Å². The molecule has 0 saturated heterocycles. The Morgan fingerprint density at radius 2 is 1.84 bits per heavy atom. The van der Waals surface area contributed by atoms with Gasteiger partial charge < -0.3 is 10.4 Å². The molecule has 0 radical (unpaired) electrons. The van der Waals surface area contributed by atoms with Gasteiger partial charge in [-0.05, 0) is 12.1 Å². The van der Waals surface area contributed by atoms with E-state index in [1.807, 2.05) is 0 Å². The summed E-state index contributed by atoms with van der Waals surface area (Å²) in [5, 5.41) is 17.2. The topological polar surface area (TPSA) is 110 Å². The van der Waals surface area contributed by atoms with Crippen molar-refractivity contribution >= 4 is 16.7 Å². The number of nitrogens with zero attached hydrogens (tertiary/aromatic N) is 4. The van der Waals surface area contributed by atoms with Gasteiger partial charge in [-0.25, -0.2) is 14.6 Å². The lowest BCUT2D eigenvalue weighted by Crippen LogP contribution is -2.29. The Kier molecular flexibility index (Phi) is 5.10. The molecule has 1 amide bonds. The number of amides is 1. The van der Waals surface area contributed by atoms with Crippen LogP contribution in [0.3, 0.4) is 0 Å². The third-order valence-electron chi connectivity index (χ3n) is 3.65. The molecule has 0 aliphatic heterocycles. The van der Waals surface area contributed by atoms with Gasteiger partial charge in [-0.15, -0.1) is 0 Å². The molecule has 1 aromatic carbocycles. The van der Waals surface area contributed by atoms with Crippen LogP contribution in [0, 0.1) is 0 Å². The van der Waals surface area contributed by atoms with Crippen LogP contribution >= 0.6 is 0 Å². The molecule has 8 heteroatoms. The minimum Gasteiger partial charge on any atom is -0.394 e. The predicted molar refractivity (Wildman–Crippen MR) is 90.7 cm³/mol. The summed E-state index contributed by atoms with van der Waals surface area (Å²) < 4.78 is 1.19. The average molecular weight is 339 g/mol. The van der Waals surface area contributed by atoms with Gasteiger partial charge in [-0.1, -0.05) is 18.2 Å². The van der Waals surface area contributed by atoms with Crippen molar-refractivity contribution in [2.45, 2.75) is 19.5 Å². The van der Waals surface area contributed by atoms with E-state index in [9.17, 15) is 9.59 Å². The van der Waals surface area contributed by atoms with E-state index in [1.54, 1.807) is 42.7 Å². The third-order valence-corrected chi connectivity index (χ3v) is 3.65. The second-order valence-electron chi connectivity index (χ2n) is 5.36. The molecule has 3 rings (SSSR count). The SMILES string of the molecule is O=C(Cc1nn(CCO)c(=O)c2ccccc12)NCc1ncccn1. The highest BCUT2D eigenvalue weighted by Gasteiger charge is 2.13. The number of carbonyl (C=O) groups excluding carboxylic acids is 1. The Morgan fingerprint density at radius 3 is 2.56 bits per heavy atom. The standard InChI is InChI=1S/C17H17N5O3/c23-9-8-22-17(25)13-5-2-1-4-12(13)14(21-22)10-16(24)20-11-15-18-6-3-7-19-15/h1-7,23H,8-11H2,(H,20,24). The van der Waals surface area contributed by atoms with E-state index in [0.717, 1.165) is 0 Å². The molecule has 8 nitrogen and oxygen atoms in total. The van der Waals surface area contributed by atoms with Crippen LogP contribution in [0.15, 0.2) is 47.5 Å². The van der Waals surface area contributed by atoms with E-state index in [-0.39, 0.29) is 37.6 Å². The molecular weight excluding hydrogens is 322 g/mol. The monoisotopic (exact) mass is 339 g/mol. The number of benzene rings is 1. The quantitative estimate of drug-likeness (QED) is 0.656. The molecule has 0 fully saturated rings. The fraction of sp³-hybridized carbons (Fsp3) is 0.235. The molecule has 25 heavy (non-hydrogen) atoms. The highest BCUT2D eigenvalue weighted by molar-refractivity contribution is 5.88. The highest BCUT2D eigenvalue weighted by atomic mass is 16.3. The summed E-state index contributed by atoms with van der Waals surface area (Å²) in [6.07, 6.45) is 3.22. The summed E-state index contributed by atoms with van der Waals surface area (Å²) in [5.74, 6) is 0.262. The fourth-order valence-electron chi connectivity index (χ4n) is 2.50. The summed E-state index contributed by atoms with van der Waals surface area (Å²) >= 11 is 0. The van der Waals surface area contributed by atoms with Crippen molar-refractivity contribution in [1.82, 2.24) is 25.1 Å². The number of hydrogen-bond donors (Lipinski definition) is 2. The van der Waals surface area contributed by atoms with E-state index in [4.69, 9.17) is 5.11 Å². The minimum absolute atomic E-state index is 0.0130. The first-order chi connectivity index (χ1) is 12.2. The van der Waals surface area contributed by atoms with Gasteiger partial charge in [-0.3, -0.25) is 9.59 Å². The van der Waals surface area contributed by atoms with Crippen LogP contribution in [-0.4, -0.2) is 37.4 Å². The summed E-state index contributed by atoms with van der Waals surface area (Å²) in [7, 11) is 0. The van der Waals surface area contributed by atoms with Crippen molar-refractivity contribution in [2.75, 3.05) is 6.61 Å². The van der Waals surface area contributed by atoms with E-state index in [2.05, 4.69) is 20.4 Å². The number of fused-ring (bicyclic) bond motifs is 1. The Labute approximate surface area is 143 Å². The minimum atomic E-state index is -0.286. The van der Waals surface area contributed by atoms with Gasteiger partial charge >= 0.3 is 0 Å². The lowest BCUT2D eigenvalue weighted by atomic mass is 10.1. The third kappa shape index (κ3) is 3.86. The zero-order valence-electron chi connectivity index (χ0n) is 13.4. The van der Waals surface area contributed by atoms with Crippen LogP contribution in [0.1, 0.15) is 11.5 Å². The Morgan fingerprint density at radius 1 is 1.12 bits per heavy atom. The second kappa shape index (κ2) is 7.63. The van der Waals surface area contributed by atoms with Crippen LogP contribution in [0.2, 0.25) is 0 Å². The second-order valence-corrected chi connectivity index (χ2v) is 5.36. The molecule has 0 bridgehead atoms. The van der Waals surface area contributed by atoms with Gasteiger partial charge in [0, 0.05) is 17.8 Å². The number of hydrogen-bond acceptors (Lipinski definition) is 6.